The Morgan fingerprint density at radius 3 is 2.38 bits per heavy atom. The van der Waals surface area contributed by atoms with E-state index in [1.165, 1.54) is 6.92 Å². The van der Waals surface area contributed by atoms with Crippen molar-refractivity contribution in [3.63, 3.8) is 0 Å². The van der Waals surface area contributed by atoms with E-state index in [-0.39, 0.29) is 17.3 Å². The second-order valence-electron chi connectivity index (χ2n) is 3.28. The van der Waals surface area contributed by atoms with Gasteiger partial charge in [0.05, 0.1) is 0 Å². The summed E-state index contributed by atoms with van der Waals surface area (Å²) in [6, 6.07) is 0. The first-order valence-corrected chi connectivity index (χ1v) is 5.65. The SMILES string of the molecule is CC(=O)SCCCC(F)(F)C(F)C(F)CF. The Morgan fingerprint density at radius 2 is 1.94 bits per heavy atom. The molecule has 0 aliphatic rings. The number of hydrogen-bond acceptors (Lipinski definition) is 2. The van der Waals surface area contributed by atoms with Gasteiger partial charge in [0.25, 0.3) is 5.92 Å². The Hall–Kier alpha value is -0.330. The van der Waals surface area contributed by atoms with Crippen LogP contribution in [0.1, 0.15) is 19.8 Å². The van der Waals surface area contributed by atoms with Crippen LogP contribution >= 0.6 is 11.8 Å². The van der Waals surface area contributed by atoms with Crippen LogP contribution in [0.4, 0.5) is 22.0 Å². The molecule has 7 heteroatoms. The minimum atomic E-state index is -3.89. The number of halogens is 5. The zero-order valence-corrected chi connectivity index (χ0v) is 9.51. The molecule has 2 unspecified atom stereocenters. The van der Waals surface area contributed by atoms with Crippen molar-refractivity contribution in [3.8, 4) is 0 Å². The molecule has 0 bridgehead atoms. The minimum Gasteiger partial charge on any atom is -0.288 e. The topological polar surface area (TPSA) is 17.1 Å². The summed E-state index contributed by atoms with van der Waals surface area (Å²) >= 11 is 0.835. The van der Waals surface area contributed by atoms with Crippen LogP contribution < -0.4 is 0 Å². The summed E-state index contributed by atoms with van der Waals surface area (Å²) in [5.41, 5.74) is 0. The summed E-state index contributed by atoms with van der Waals surface area (Å²) in [6.45, 7) is -0.486. The van der Waals surface area contributed by atoms with Gasteiger partial charge in [-0.1, -0.05) is 11.8 Å². The first-order chi connectivity index (χ1) is 7.31. The second-order valence-corrected chi connectivity index (χ2v) is 4.55. The van der Waals surface area contributed by atoms with Crippen LogP contribution in [-0.2, 0) is 4.79 Å². The maximum Gasteiger partial charge on any atom is 0.281 e. The van der Waals surface area contributed by atoms with Crippen molar-refractivity contribution in [2.24, 2.45) is 0 Å². The van der Waals surface area contributed by atoms with Gasteiger partial charge < -0.3 is 0 Å². The molecule has 2 atom stereocenters. The lowest BCUT2D eigenvalue weighted by molar-refractivity contribution is -0.109. The summed E-state index contributed by atoms with van der Waals surface area (Å²) in [4.78, 5) is 10.4. The van der Waals surface area contributed by atoms with Gasteiger partial charge in [-0.15, -0.1) is 0 Å². The highest BCUT2D eigenvalue weighted by Crippen LogP contribution is 2.31. The van der Waals surface area contributed by atoms with Crippen molar-refractivity contribution >= 4 is 16.9 Å². The average Bonchev–Trinajstić information content (AvgIpc) is 2.22. The molecule has 0 fully saturated rings. The van der Waals surface area contributed by atoms with E-state index in [1.54, 1.807) is 0 Å². The lowest BCUT2D eigenvalue weighted by Crippen LogP contribution is -2.38. The summed E-state index contributed by atoms with van der Waals surface area (Å²) in [5.74, 6) is -3.77. The zero-order chi connectivity index (χ0) is 12.8. The molecule has 1 nitrogen and oxygen atoms in total. The van der Waals surface area contributed by atoms with Crippen LogP contribution in [0, 0.1) is 0 Å². The molecule has 0 saturated carbocycles. The van der Waals surface area contributed by atoms with Gasteiger partial charge in [-0.2, -0.15) is 0 Å². The maximum absolute atomic E-state index is 12.9. The minimum absolute atomic E-state index is 0.115. The van der Waals surface area contributed by atoms with Crippen molar-refractivity contribution < 1.29 is 26.7 Å². The number of alkyl halides is 5. The predicted molar refractivity (Wildman–Crippen MR) is 53.1 cm³/mol. The third-order valence-corrected chi connectivity index (χ3v) is 2.73. The summed E-state index contributed by atoms with van der Waals surface area (Å²) in [7, 11) is 0. The molecule has 0 radical (unpaired) electrons. The van der Waals surface area contributed by atoms with E-state index in [9.17, 15) is 26.7 Å². The monoisotopic (exact) mass is 264 g/mol. The number of carbonyl (C=O) groups is 1. The number of rotatable bonds is 7. The van der Waals surface area contributed by atoms with Crippen molar-refractivity contribution in [2.45, 2.75) is 38.0 Å². The fourth-order valence-corrected chi connectivity index (χ4v) is 1.58. The lowest BCUT2D eigenvalue weighted by atomic mass is 10.1. The first kappa shape index (κ1) is 15.7. The molecular formula is C9H13F5OS. The Bertz CT molecular complexity index is 224. The molecule has 0 saturated heterocycles. The highest BCUT2D eigenvalue weighted by molar-refractivity contribution is 8.13. The summed E-state index contributed by atoms with van der Waals surface area (Å²) in [6.07, 6.45) is -6.94. The lowest BCUT2D eigenvalue weighted by Gasteiger charge is -2.21. The van der Waals surface area contributed by atoms with Gasteiger partial charge in [-0.3, -0.25) is 4.79 Å². The van der Waals surface area contributed by atoms with Crippen LogP contribution in [0.5, 0.6) is 0 Å². The summed E-state index contributed by atoms with van der Waals surface area (Å²) in [5, 5.41) is -0.229. The maximum atomic E-state index is 12.9. The highest BCUT2D eigenvalue weighted by atomic mass is 32.2. The molecule has 0 aliphatic heterocycles. The van der Waals surface area contributed by atoms with E-state index < -0.39 is 31.4 Å². The Labute approximate surface area is 94.8 Å². The first-order valence-electron chi connectivity index (χ1n) is 4.66. The third-order valence-electron chi connectivity index (χ3n) is 1.83. The van der Waals surface area contributed by atoms with E-state index in [1.807, 2.05) is 0 Å². The normalized spacial score (nSPS) is 15.9. The molecule has 0 spiro atoms. The van der Waals surface area contributed by atoms with Gasteiger partial charge in [-0.25, -0.2) is 22.0 Å². The van der Waals surface area contributed by atoms with E-state index in [4.69, 9.17) is 0 Å². The molecule has 0 amide bonds. The van der Waals surface area contributed by atoms with Gasteiger partial charge in [0.1, 0.15) is 6.67 Å². The smallest absolute Gasteiger partial charge is 0.281 e. The molecule has 0 aromatic heterocycles. The van der Waals surface area contributed by atoms with Gasteiger partial charge in [0.15, 0.2) is 17.5 Å². The van der Waals surface area contributed by atoms with Crippen molar-refractivity contribution in [2.75, 3.05) is 12.4 Å². The number of thioether (sulfide) groups is 1. The average molecular weight is 264 g/mol. The van der Waals surface area contributed by atoms with Crippen LogP contribution in [0.2, 0.25) is 0 Å². The van der Waals surface area contributed by atoms with Gasteiger partial charge >= 0.3 is 0 Å². The Morgan fingerprint density at radius 1 is 1.38 bits per heavy atom. The highest BCUT2D eigenvalue weighted by Gasteiger charge is 2.44. The van der Waals surface area contributed by atoms with Crippen molar-refractivity contribution in [1.82, 2.24) is 0 Å². The third kappa shape index (κ3) is 5.67. The molecule has 96 valence electrons. The molecule has 0 rings (SSSR count). The standard InChI is InChI=1S/C9H13F5OS/c1-6(15)16-4-2-3-9(13,14)8(12)7(11)5-10/h7-8H,2-5H2,1H3. The van der Waals surface area contributed by atoms with E-state index in [0.717, 1.165) is 11.8 Å². The molecule has 0 heterocycles. The largest absolute Gasteiger partial charge is 0.288 e. The van der Waals surface area contributed by atoms with E-state index in [2.05, 4.69) is 0 Å². The second kappa shape index (κ2) is 7.09. The number of carbonyl (C=O) groups excluding carboxylic acids is 1. The molecule has 16 heavy (non-hydrogen) atoms. The molecular weight excluding hydrogens is 251 g/mol. The van der Waals surface area contributed by atoms with Crippen molar-refractivity contribution in [1.29, 1.82) is 0 Å². The van der Waals surface area contributed by atoms with E-state index in [0.29, 0.717) is 0 Å². The van der Waals surface area contributed by atoms with E-state index >= 15 is 0 Å². The molecule has 0 aliphatic carbocycles. The van der Waals surface area contributed by atoms with Gasteiger partial charge in [0, 0.05) is 19.1 Å². The fraction of sp³-hybridized carbons (Fsp3) is 0.889. The predicted octanol–water partition coefficient (Wildman–Crippen LogP) is 3.33. The Kier molecular flexibility index (Phi) is 6.94. The quantitative estimate of drug-likeness (QED) is 0.518. The molecule has 0 aromatic rings. The van der Waals surface area contributed by atoms with Crippen LogP contribution in [0.15, 0.2) is 0 Å². The van der Waals surface area contributed by atoms with Crippen LogP contribution in [-0.4, -0.2) is 35.8 Å². The Balaban J connectivity index is 3.98. The van der Waals surface area contributed by atoms with Gasteiger partial charge in [0.2, 0.25) is 0 Å². The van der Waals surface area contributed by atoms with Crippen LogP contribution in [0.3, 0.4) is 0 Å². The van der Waals surface area contributed by atoms with Crippen LogP contribution in [0.25, 0.3) is 0 Å². The zero-order valence-electron chi connectivity index (χ0n) is 8.69. The fourth-order valence-electron chi connectivity index (χ4n) is 1.00. The molecule has 0 N–H and O–H groups in total. The molecule has 0 aromatic carbocycles. The number of hydrogen-bond donors (Lipinski definition) is 0. The summed E-state index contributed by atoms with van der Waals surface area (Å²) < 4.78 is 62.6. The van der Waals surface area contributed by atoms with Crippen molar-refractivity contribution in [3.05, 3.63) is 0 Å². The van der Waals surface area contributed by atoms with Gasteiger partial charge in [-0.05, 0) is 6.42 Å².